The van der Waals surface area contributed by atoms with Crippen molar-refractivity contribution in [2.45, 2.75) is 25.7 Å². The molecular formula is C20H23N5O. The minimum Gasteiger partial charge on any atom is -0.373 e. The van der Waals surface area contributed by atoms with Gasteiger partial charge in [0.1, 0.15) is 17.2 Å². The number of rotatable bonds is 3. The molecule has 0 spiro atoms. The largest absolute Gasteiger partial charge is 0.373 e. The molecule has 0 bridgehead atoms. The Balaban J connectivity index is 1.55. The molecule has 3 aromatic rings. The van der Waals surface area contributed by atoms with Crippen LogP contribution in [0.1, 0.15) is 40.4 Å². The summed E-state index contributed by atoms with van der Waals surface area (Å²) in [5, 5.41) is 3.08. The SMILES string of the molecule is CNc1cc([C@@H]2CCCN(C(=O)c3cn4cc(C)ccc4n3)C2)ccn1. The van der Waals surface area contributed by atoms with Gasteiger partial charge in [0.2, 0.25) is 0 Å². The van der Waals surface area contributed by atoms with Gasteiger partial charge in [0.05, 0.1) is 0 Å². The fourth-order valence-electron chi connectivity index (χ4n) is 3.64. The molecule has 1 aliphatic rings. The van der Waals surface area contributed by atoms with E-state index in [0.29, 0.717) is 11.6 Å². The van der Waals surface area contributed by atoms with Crippen LogP contribution in [0.5, 0.6) is 0 Å². The number of aryl methyl sites for hydroxylation is 1. The summed E-state index contributed by atoms with van der Waals surface area (Å²) in [6.07, 6.45) is 7.74. The van der Waals surface area contributed by atoms with E-state index < -0.39 is 0 Å². The van der Waals surface area contributed by atoms with Gasteiger partial charge < -0.3 is 14.6 Å². The first-order valence-corrected chi connectivity index (χ1v) is 9.02. The number of piperidine rings is 1. The summed E-state index contributed by atoms with van der Waals surface area (Å²) in [5.74, 6) is 1.21. The molecule has 0 aliphatic carbocycles. The van der Waals surface area contributed by atoms with Crippen LogP contribution in [-0.4, -0.2) is 45.3 Å². The summed E-state index contributed by atoms with van der Waals surface area (Å²) >= 11 is 0. The number of fused-ring (bicyclic) bond motifs is 1. The van der Waals surface area contributed by atoms with Crippen LogP contribution in [0.3, 0.4) is 0 Å². The zero-order valence-electron chi connectivity index (χ0n) is 15.1. The predicted octanol–water partition coefficient (Wildman–Crippen LogP) is 3.10. The molecule has 1 amide bonds. The van der Waals surface area contributed by atoms with Crippen molar-refractivity contribution in [3.05, 3.63) is 59.7 Å². The van der Waals surface area contributed by atoms with Gasteiger partial charge >= 0.3 is 0 Å². The lowest BCUT2D eigenvalue weighted by atomic mass is 9.91. The highest BCUT2D eigenvalue weighted by Crippen LogP contribution is 2.28. The summed E-state index contributed by atoms with van der Waals surface area (Å²) in [5.41, 5.74) is 3.69. The maximum atomic E-state index is 13.0. The third-order valence-electron chi connectivity index (χ3n) is 5.04. The monoisotopic (exact) mass is 349 g/mol. The molecule has 0 aromatic carbocycles. The van der Waals surface area contributed by atoms with Crippen LogP contribution in [-0.2, 0) is 0 Å². The van der Waals surface area contributed by atoms with E-state index in [0.717, 1.165) is 43.0 Å². The lowest BCUT2D eigenvalue weighted by Crippen LogP contribution is -2.39. The molecule has 26 heavy (non-hydrogen) atoms. The molecule has 134 valence electrons. The van der Waals surface area contributed by atoms with Crippen LogP contribution in [0.4, 0.5) is 5.82 Å². The van der Waals surface area contributed by atoms with Gasteiger partial charge in [-0.25, -0.2) is 9.97 Å². The molecular weight excluding hydrogens is 326 g/mol. The Kier molecular flexibility index (Phi) is 4.32. The van der Waals surface area contributed by atoms with Crippen molar-refractivity contribution in [1.29, 1.82) is 0 Å². The highest BCUT2D eigenvalue weighted by Gasteiger charge is 2.27. The molecule has 1 aliphatic heterocycles. The Labute approximate surface area is 152 Å². The number of hydrogen-bond donors (Lipinski definition) is 1. The fourth-order valence-corrected chi connectivity index (χ4v) is 3.64. The van der Waals surface area contributed by atoms with Gasteiger partial charge in [-0.05, 0) is 49.1 Å². The zero-order valence-corrected chi connectivity index (χ0v) is 15.1. The van der Waals surface area contributed by atoms with Crippen molar-refractivity contribution in [1.82, 2.24) is 19.3 Å². The number of hydrogen-bond acceptors (Lipinski definition) is 4. The normalized spacial score (nSPS) is 17.5. The molecule has 6 heteroatoms. The Bertz CT molecular complexity index is 948. The van der Waals surface area contributed by atoms with Crippen molar-refractivity contribution in [3.63, 3.8) is 0 Å². The maximum absolute atomic E-state index is 13.0. The summed E-state index contributed by atoms with van der Waals surface area (Å²) in [6, 6.07) is 8.08. The molecule has 0 saturated carbocycles. The number of anilines is 1. The number of imidazole rings is 1. The van der Waals surface area contributed by atoms with E-state index in [1.165, 1.54) is 5.56 Å². The van der Waals surface area contributed by atoms with Crippen molar-refractivity contribution in [2.75, 3.05) is 25.5 Å². The van der Waals surface area contributed by atoms with Crippen LogP contribution in [0.15, 0.2) is 42.9 Å². The summed E-state index contributed by atoms with van der Waals surface area (Å²) in [7, 11) is 1.87. The van der Waals surface area contributed by atoms with Crippen molar-refractivity contribution < 1.29 is 4.79 Å². The first-order valence-electron chi connectivity index (χ1n) is 9.02. The van der Waals surface area contributed by atoms with E-state index in [4.69, 9.17) is 0 Å². The molecule has 6 nitrogen and oxygen atoms in total. The van der Waals surface area contributed by atoms with Gasteiger partial charge in [-0.2, -0.15) is 0 Å². The number of carbonyl (C=O) groups excluding carboxylic acids is 1. The molecule has 4 heterocycles. The number of nitrogens with zero attached hydrogens (tertiary/aromatic N) is 4. The van der Waals surface area contributed by atoms with Gasteiger partial charge in [-0.3, -0.25) is 4.79 Å². The molecule has 0 unspecified atom stereocenters. The standard InChI is InChI=1S/C20H23N5O/c1-14-5-6-19-23-17(13-25(19)11-14)20(26)24-9-3-4-16(12-24)15-7-8-22-18(10-15)21-2/h5-8,10-11,13,16H,3-4,9,12H2,1-2H3,(H,21,22)/t16-/m1/s1. The van der Waals surface area contributed by atoms with Gasteiger partial charge in [0, 0.05) is 44.6 Å². The third-order valence-corrected chi connectivity index (χ3v) is 5.04. The van der Waals surface area contributed by atoms with E-state index in [2.05, 4.69) is 21.4 Å². The average Bonchev–Trinajstić information content (AvgIpc) is 3.10. The van der Waals surface area contributed by atoms with Crippen LogP contribution in [0, 0.1) is 6.92 Å². The van der Waals surface area contributed by atoms with Gasteiger partial charge in [0.25, 0.3) is 5.91 Å². The lowest BCUT2D eigenvalue weighted by molar-refractivity contribution is 0.0702. The molecule has 1 N–H and O–H groups in total. The second kappa shape index (κ2) is 6.78. The van der Waals surface area contributed by atoms with E-state index in [1.807, 2.05) is 60.1 Å². The number of amides is 1. The summed E-state index contributed by atoms with van der Waals surface area (Å²) in [6.45, 7) is 3.54. The minimum absolute atomic E-state index is 0.0129. The highest BCUT2D eigenvalue weighted by molar-refractivity contribution is 5.93. The second-order valence-electron chi connectivity index (χ2n) is 6.91. The Morgan fingerprint density at radius 3 is 3.00 bits per heavy atom. The number of aromatic nitrogens is 3. The number of likely N-dealkylation sites (tertiary alicyclic amines) is 1. The Hall–Kier alpha value is -2.89. The van der Waals surface area contributed by atoms with E-state index in [1.54, 1.807) is 0 Å². The van der Waals surface area contributed by atoms with Crippen molar-refractivity contribution in [3.8, 4) is 0 Å². The number of carbonyl (C=O) groups is 1. The first kappa shape index (κ1) is 16.6. The molecule has 1 saturated heterocycles. The van der Waals surface area contributed by atoms with Gasteiger partial charge in [-0.15, -0.1) is 0 Å². The van der Waals surface area contributed by atoms with Crippen LogP contribution < -0.4 is 5.32 Å². The van der Waals surface area contributed by atoms with E-state index >= 15 is 0 Å². The van der Waals surface area contributed by atoms with Crippen LogP contribution in [0.25, 0.3) is 5.65 Å². The predicted molar refractivity (Wildman–Crippen MR) is 102 cm³/mol. The van der Waals surface area contributed by atoms with E-state index in [9.17, 15) is 4.79 Å². The summed E-state index contributed by atoms with van der Waals surface area (Å²) in [4.78, 5) is 23.7. The molecule has 3 aromatic heterocycles. The topological polar surface area (TPSA) is 62.5 Å². The molecule has 1 fully saturated rings. The molecule has 1 atom stereocenters. The average molecular weight is 349 g/mol. The zero-order chi connectivity index (χ0) is 18.1. The molecule has 4 rings (SSSR count). The number of nitrogens with one attached hydrogen (secondary N) is 1. The van der Waals surface area contributed by atoms with Crippen molar-refractivity contribution in [2.24, 2.45) is 0 Å². The molecule has 0 radical (unpaired) electrons. The van der Waals surface area contributed by atoms with Gasteiger partial charge in [0.15, 0.2) is 0 Å². The quantitative estimate of drug-likeness (QED) is 0.789. The maximum Gasteiger partial charge on any atom is 0.274 e. The second-order valence-corrected chi connectivity index (χ2v) is 6.91. The minimum atomic E-state index is 0.0129. The van der Waals surface area contributed by atoms with Crippen molar-refractivity contribution >= 4 is 17.4 Å². The lowest BCUT2D eigenvalue weighted by Gasteiger charge is -2.32. The summed E-state index contributed by atoms with van der Waals surface area (Å²) < 4.78 is 1.92. The van der Waals surface area contributed by atoms with E-state index in [-0.39, 0.29) is 5.91 Å². The number of pyridine rings is 2. The Morgan fingerprint density at radius 2 is 2.15 bits per heavy atom. The Morgan fingerprint density at radius 1 is 1.27 bits per heavy atom. The smallest absolute Gasteiger partial charge is 0.274 e. The van der Waals surface area contributed by atoms with Gasteiger partial charge in [-0.1, -0.05) is 6.07 Å². The van der Waals surface area contributed by atoms with Crippen LogP contribution in [0.2, 0.25) is 0 Å². The fraction of sp³-hybridized carbons (Fsp3) is 0.350. The van der Waals surface area contributed by atoms with Crippen LogP contribution >= 0.6 is 0 Å². The first-order chi connectivity index (χ1) is 12.6. The third kappa shape index (κ3) is 3.14. The highest BCUT2D eigenvalue weighted by atomic mass is 16.2.